The van der Waals surface area contributed by atoms with E-state index in [1.165, 1.54) is 11.1 Å². The molecule has 3 aromatic heterocycles. The van der Waals surface area contributed by atoms with Crippen molar-refractivity contribution in [1.29, 1.82) is 0 Å². The number of hydrogen-bond donors (Lipinski definition) is 3. The van der Waals surface area contributed by atoms with E-state index in [9.17, 15) is 5.11 Å². The molecule has 0 bridgehead atoms. The number of nitrogens with one attached hydrogen (secondary N) is 2. The fraction of sp³-hybridized carbons (Fsp3) is 0.227. The predicted molar refractivity (Wildman–Crippen MR) is 109 cm³/mol. The van der Waals surface area contributed by atoms with Crippen molar-refractivity contribution in [1.82, 2.24) is 19.9 Å². The maximum Gasteiger partial charge on any atom is 0.163 e. The zero-order chi connectivity index (χ0) is 18.9. The Morgan fingerprint density at radius 2 is 2.11 bits per heavy atom. The molecule has 0 spiro atoms. The van der Waals surface area contributed by atoms with Gasteiger partial charge in [-0.25, -0.2) is 9.97 Å². The molecule has 6 heteroatoms. The van der Waals surface area contributed by atoms with E-state index in [2.05, 4.69) is 15.3 Å². The number of benzene rings is 1. The Morgan fingerprint density at radius 1 is 1.14 bits per heavy atom. The van der Waals surface area contributed by atoms with Crippen molar-refractivity contribution in [2.24, 2.45) is 0 Å². The minimum absolute atomic E-state index is 0.288. The van der Waals surface area contributed by atoms with E-state index in [0.29, 0.717) is 0 Å². The summed E-state index contributed by atoms with van der Waals surface area (Å²) in [4.78, 5) is 17.0. The highest BCUT2D eigenvalue weighted by Crippen LogP contribution is 2.29. The van der Waals surface area contributed by atoms with Gasteiger partial charge in [-0.2, -0.15) is 0 Å². The number of fused-ring (bicyclic) bond motifs is 2. The van der Waals surface area contributed by atoms with Crippen LogP contribution in [0.5, 0.6) is 5.75 Å². The van der Waals surface area contributed by atoms with Gasteiger partial charge in [-0.05, 0) is 61.6 Å². The van der Waals surface area contributed by atoms with Crippen molar-refractivity contribution in [3.63, 3.8) is 0 Å². The van der Waals surface area contributed by atoms with Crippen LogP contribution in [0.1, 0.15) is 23.2 Å². The maximum absolute atomic E-state index is 9.77. The fourth-order valence-corrected chi connectivity index (χ4v) is 3.89. The third-order valence-electron chi connectivity index (χ3n) is 5.29. The zero-order valence-electron chi connectivity index (χ0n) is 15.4. The molecule has 0 radical (unpaired) electrons. The third-order valence-corrected chi connectivity index (χ3v) is 5.29. The number of rotatable bonds is 5. The average molecular weight is 371 g/mol. The SMILES string of the molecule is Oc1ccc2[nH]cc(CCNc3nc(-c4cccnc4)nc4c3CCC4)c2c1. The minimum atomic E-state index is 0.288. The molecular formula is C22H21N5O. The Balaban J connectivity index is 1.39. The Labute approximate surface area is 162 Å². The van der Waals surface area contributed by atoms with Crippen LogP contribution in [0.2, 0.25) is 0 Å². The summed E-state index contributed by atoms with van der Waals surface area (Å²) in [5, 5.41) is 14.4. The van der Waals surface area contributed by atoms with Gasteiger partial charge in [-0.15, -0.1) is 0 Å². The number of pyridine rings is 1. The Hall–Kier alpha value is -3.41. The number of hydrogen-bond acceptors (Lipinski definition) is 5. The van der Waals surface area contributed by atoms with E-state index < -0.39 is 0 Å². The van der Waals surface area contributed by atoms with Crippen LogP contribution in [0, 0.1) is 0 Å². The smallest absolute Gasteiger partial charge is 0.163 e. The summed E-state index contributed by atoms with van der Waals surface area (Å²) in [6.45, 7) is 0.762. The van der Waals surface area contributed by atoms with Crippen LogP contribution in [0.15, 0.2) is 48.9 Å². The first-order valence-electron chi connectivity index (χ1n) is 9.61. The number of aromatic hydroxyl groups is 1. The summed E-state index contributed by atoms with van der Waals surface area (Å²) in [5.74, 6) is 1.95. The first-order chi connectivity index (χ1) is 13.8. The highest BCUT2D eigenvalue weighted by Gasteiger charge is 2.20. The second kappa shape index (κ2) is 6.96. The van der Waals surface area contributed by atoms with Crippen molar-refractivity contribution >= 4 is 16.7 Å². The molecule has 0 saturated carbocycles. The van der Waals surface area contributed by atoms with Crippen molar-refractivity contribution in [2.75, 3.05) is 11.9 Å². The molecular weight excluding hydrogens is 350 g/mol. The average Bonchev–Trinajstić information content (AvgIpc) is 3.35. The van der Waals surface area contributed by atoms with Crippen LogP contribution < -0.4 is 5.32 Å². The van der Waals surface area contributed by atoms with E-state index in [-0.39, 0.29) is 5.75 Å². The Morgan fingerprint density at radius 3 is 3.00 bits per heavy atom. The number of phenolic OH excluding ortho intramolecular Hbond substituents is 1. The molecule has 4 aromatic rings. The molecule has 28 heavy (non-hydrogen) atoms. The molecule has 0 saturated heterocycles. The standard InChI is InChI=1S/C22H21N5O/c28-16-6-7-19-18(11-16)14(13-25-19)8-10-24-22-17-4-1-5-20(17)26-21(27-22)15-3-2-9-23-12-15/h2-3,6-7,9,11-13,25,28H,1,4-5,8,10H2,(H,24,26,27). The number of aromatic nitrogens is 4. The van der Waals surface area contributed by atoms with Gasteiger partial charge in [0, 0.05) is 52.9 Å². The number of nitrogens with zero attached hydrogens (tertiary/aromatic N) is 3. The van der Waals surface area contributed by atoms with Crippen LogP contribution in [0.25, 0.3) is 22.3 Å². The summed E-state index contributed by atoms with van der Waals surface area (Å²) in [7, 11) is 0. The van der Waals surface area contributed by atoms with Gasteiger partial charge < -0.3 is 15.4 Å². The second-order valence-corrected chi connectivity index (χ2v) is 7.14. The molecule has 1 aliphatic rings. The highest BCUT2D eigenvalue weighted by molar-refractivity contribution is 5.84. The van der Waals surface area contributed by atoms with E-state index >= 15 is 0 Å². The molecule has 140 valence electrons. The summed E-state index contributed by atoms with van der Waals surface area (Å²) in [5.41, 5.74) is 5.54. The van der Waals surface area contributed by atoms with Crippen molar-refractivity contribution in [3.05, 3.63) is 65.7 Å². The summed E-state index contributed by atoms with van der Waals surface area (Å²) in [6, 6.07) is 9.31. The largest absolute Gasteiger partial charge is 0.508 e. The highest BCUT2D eigenvalue weighted by atomic mass is 16.3. The molecule has 1 aliphatic carbocycles. The molecule has 3 heterocycles. The summed E-state index contributed by atoms with van der Waals surface area (Å²) in [6.07, 6.45) is 9.56. The van der Waals surface area contributed by atoms with Crippen LogP contribution in [0.4, 0.5) is 5.82 Å². The number of H-pyrrole nitrogens is 1. The molecule has 0 fully saturated rings. The molecule has 5 rings (SSSR count). The van der Waals surface area contributed by atoms with E-state index in [0.717, 1.165) is 66.0 Å². The van der Waals surface area contributed by atoms with Gasteiger partial charge >= 0.3 is 0 Å². The van der Waals surface area contributed by atoms with Gasteiger partial charge in [0.15, 0.2) is 5.82 Å². The summed E-state index contributed by atoms with van der Waals surface area (Å²) >= 11 is 0. The lowest BCUT2D eigenvalue weighted by molar-refractivity contribution is 0.476. The first kappa shape index (κ1) is 16.7. The zero-order valence-corrected chi connectivity index (χ0v) is 15.4. The maximum atomic E-state index is 9.77. The van der Waals surface area contributed by atoms with E-state index in [1.807, 2.05) is 30.5 Å². The molecule has 0 amide bonds. The van der Waals surface area contributed by atoms with Crippen molar-refractivity contribution in [2.45, 2.75) is 25.7 Å². The second-order valence-electron chi connectivity index (χ2n) is 7.14. The lowest BCUT2D eigenvalue weighted by Gasteiger charge is -2.12. The van der Waals surface area contributed by atoms with Crippen LogP contribution in [-0.4, -0.2) is 31.6 Å². The van der Waals surface area contributed by atoms with Gasteiger partial charge in [0.2, 0.25) is 0 Å². The number of anilines is 1. The van der Waals surface area contributed by atoms with Gasteiger partial charge in [0.1, 0.15) is 11.6 Å². The lowest BCUT2D eigenvalue weighted by Crippen LogP contribution is -2.10. The monoisotopic (exact) mass is 371 g/mol. The van der Waals surface area contributed by atoms with E-state index in [4.69, 9.17) is 9.97 Å². The molecule has 0 aliphatic heterocycles. The van der Waals surface area contributed by atoms with E-state index in [1.54, 1.807) is 18.5 Å². The molecule has 0 atom stereocenters. The van der Waals surface area contributed by atoms with Crippen LogP contribution >= 0.6 is 0 Å². The normalized spacial score (nSPS) is 13.0. The van der Waals surface area contributed by atoms with Crippen molar-refractivity contribution in [3.8, 4) is 17.1 Å². The number of aryl methyl sites for hydroxylation is 1. The first-order valence-corrected chi connectivity index (χ1v) is 9.61. The topological polar surface area (TPSA) is 86.7 Å². The molecule has 0 unspecified atom stereocenters. The minimum Gasteiger partial charge on any atom is -0.508 e. The Bertz CT molecular complexity index is 1140. The van der Waals surface area contributed by atoms with Crippen LogP contribution in [0.3, 0.4) is 0 Å². The van der Waals surface area contributed by atoms with Gasteiger partial charge in [-0.1, -0.05) is 0 Å². The Kier molecular flexibility index (Phi) is 4.16. The van der Waals surface area contributed by atoms with Crippen molar-refractivity contribution < 1.29 is 5.11 Å². The third kappa shape index (κ3) is 3.07. The number of phenols is 1. The summed E-state index contributed by atoms with van der Waals surface area (Å²) < 4.78 is 0. The molecule has 1 aromatic carbocycles. The molecule has 3 N–H and O–H groups in total. The van der Waals surface area contributed by atoms with Crippen LogP contribution in [-0.2, 0) is 19.3 Å². The van der Waals surface area contributed by atoms with Gasteiger partial charge in [0.05, 0.1) is 0 Å². The lowest BCUT2D eigenvalue weighted by atomic mass is 10.1. The van der Waals surface area contributed by atoms with Gasteiger partial charge in [0.25, 0.3) is 0 Å². The fourth-order valence-electron chi connectivity index (χ4n) is 3.89. The molecule has 6 nitrogen and oxygen atoms in total. The predicted octanol–water partition coefficient (Wildman–Crippen LogP) is 3.87. The van der Waals surface area contributed by atoms with Gasteiger partial charge in [-0.3, -0.25) is 4.98 Å². The quantitative estimate of drug-likeness (QED) is 0.496. The number of aromatic amines is 1.